The van der Waals surface area contributed by atoms with E-state index in [0.29, 0.717) is 38.5 Å². The Balaban J connectivity index is 1.32. The van der Waals surface area contributed by atoms with Gasteiger partial charge < -0.3 is 49.1 Å². The molecular formula is C26H35O14S-3. The van der Waals surface area contributed by atoms with Gasteiger partial charge >= 0.3 is 0 Å². The highest BCUT2D eigenvalue weighted by Gasteiger charge is 2.67. The Morgan fingerprint density at radius 3 is 2.34 bits per heavy atom. The molecule has 41 heavy (non-hydrogen) atoms. The number of carboxylic acids is 2. The summed E-state index contributed by atoms with van der Waals surface area (Å²) in [5.41, 5.74) is -3.63. The first-order chi connectivity index (χ1) is 18.9. The molecule has 1 aliphatic heterocycles. The first-order valence-corrected chi connectivity index (χ1v) is 15.2. The third-order valence-electron chi connectivity index (χ3n) is 11.1. The molecule has 0 aromatic carbocycles. The van der Waals surface area contributed by atoms with Crippen LogP contribution >= 0.6 is 0 Å². The number of hydrogen-bond acceptors (Lipinski definition) is 14. The van der Waals surface area contributed by atoms with Crippen LogP contribution < -0.4 is 10.2 Å². The predicted molar refractivity (Wildman–Crippen MR) is 127 cm³/mol. The Bertz CT molecular complexity index is 1210. The maximum Gasteiger partial charge on any atom is 0.218 e. The Hall–Kier alpha value is -1.72. The molecule has 0 spiro atoms. The summed E-state index contributed by atoms with van der Waals surface area (Å²) >= 11 is 0. The molecule has 0 aromatic rings. The van der Waals surface area contributed by atoms with Crippen molar-refractivity contribution < 1.29 is 66.5 Å². The molecule has 232 valence electrons. The molecule has 3 N–H and O–H groups in total. The number of rotatable bonds is 6. The molecule has 5 rings (SSSR count). The minimum Gasteiger partial charge on any atom is -0.726 e. The third kappa shape index (κ3) is 4.82. The predicted octanol–water partition coefficient (Wildman–Crippen LogP) is -2.88. The molecule has 13 atom stereocenters. The van der Waals surface area contributed by atoms with Gasteiger partial charge in [0.05, 0.1) is 18.0 Å². The average Bonchev–Trinajstić information content (AvgIpc) is 3.13. The lowest BCUT2D eigenvalue weighted by Gasteiger charge is -2.60. The van der Waals surface area contributed by atoms with Crippen molar-refractivity contribution in [2.45, 2.75) is 108 Å². The van der Waals surface area contributed by atoms with Crippen LogP contribution in [0.3, 0.4) is 0 Å². The summed E-state index contributed by atoms with van der Waals surface area (Å²) in [5, 5.41) is 55.2. The molecule has 1 saturated heterocycles. The Morgan fingerprint density at radius 2 is 1.73 bits per heavy atom. The molecule has 0 amide bonds. The summed E-state index contributed by atoms with van der Waals surface area (Å²) < 4.78 is 48.7. The molecule has 4 saturated carbocycles. The van der Waals surface area contributed by atoms with Gasteiger partial charge in [0.2, 0.25) is 10.4 Å². The Kier molecular flexibility index (Phi) is 7.63. The van der Waals surface area contributed by atoms with E-state index in [2.05, 4.69) is 4.18 Å². The average molecular weight is 604 g/mol. The molecule has 1 heterocycles. The van der Waals surface area contributed by atoms with Gasteiger partial charge in [0.15, 0.2) is 6.29 Å². The normalized spacial score (nSPS) is 50.0. The van der Waals surface area contributed by atoms with Gasteiger partial charge in [0, 0.05) is 17.8 Å². The quantitative estimate of drug-likeness (QED) is 0.157. The van der Waals surface area contributed by atoms with Crippen LogP contribution in [0.5, 0.6) is 0 Å². The Morgan fingerprint density at radius 1 is 1.05 bits per heavy atom. The van der Waals surface area contributed by atoms with Crippen LogP contribution in [0.4, 0.5) is 0 Å². The minimum absolute atomic E-state index is 0.0328. The first kappa shape index (κ1) is 30.7. The number of aliphatic carboxylic acids is 2. The number of carbonyl (C=O) groups is 3. The number of hydrogen-bond donors (Lipinski definition) is 3. The fraction of sp³-hybridized carbons (Fsp3) is 0.885. The second-order valence-electron chi connectivity index (χ2n) is 13.0. The van der Waals surface area contributed by atoms with Gasteiger partial charge in [-0.1, -0.05) is 13.8 Å². The summed E-state index contributed by atoms with van der Waals surface area (Å²) in [6.45, 7) is 3.71. The summed E-state index contributed by atoms with van der Waals surface area (Å²) in [6.07, 6.45) is -7.88. The smallest absolute Gasteiger partial charge is 0.218 e. The number of aliphatic hydroxyl groups excluding tert-OH is 2. The van der Waals surface area contributed by atoms with Crippen molar-refractivity contribution in [2.24, 2.45) is 34.5 Å². The summed E-state index contributed by atoms with van der Waals surface area (Å²) in [4.78, 5) is 37.1. The van der Waals surface area contributed by atoms with Crippen molar-refractivity contribution in [3.8, 4) is 0 Å². The molecule has 5 aliphatic rings. The lowest BCUT2D eigenvalue weighted by atomic mass is 9.44. The molecule has 0 aromatic heterocycles. The van der Waals surface area contributed by atoms with E-state index in [1.165, 1.54) is 0 Å². The number of aliphatic hydroxyl groups is 3. The van der Waals surface area contributed by atoms with E-state index in [4.69, 9.17) is 9.47 Å². The van der Waals surface area contributed by atoms with E-state index in [1.807, 2.05) is 6.92 Å². The summed E-state index contributed by atoms with van der Waals surface area (Å²) in [6, 6.07) is 0. The van der Waals surface area contributed by atoms with E-state index < -0.39 is 75.6 Å². The molecular weight excluding hydrogens is 568 g/mol. The van der Waals surface area contributed by atoms with Crippen molar-refractivity contribution in [3.05, 3.63) is 0 Å². The molecule has 0 unspecified atom stereocenters. The van der Waals surface area contributed by atoms with Gasteiger partial charge in [0.1, 0.15) is 35.8 Å². The third-order valence-corrected chi connectivity index (χ3v) is 11.6. The zero-order valence-corrected chi connectivity index (χ0v) is 23.5. The maximum absolute atomic E-state index is 13.7. The number of ether oxygens (including phenoxy) is 2. The highest BCUT2D eigenvalue weighted by Crippen LogP contribution is 2.67. The van der Waals surface area contributed by atoms with Gasteiger partial charge in [-0.05, 0) is 68.1 Å². The number of fused-ring (bicyclic) bond motifs is 5. The zero-order valence-electron chi connectivity index (χ0n) is 22.7. The molecule has 5 fully saturated rings. The maximum atomic E-state index is 13.7. The standard InChI is InChI=1S/C26H38O14S/c1-24-7-5-12(38-22-18(29)19(40-41(35,36)37)17(28)20(39-22)21(30)31)9-11(24)3-4-13-14-6-8-26(34,23(32)33)25(14,2)10-15(27)16(13)24/h11-14,16-20,22,28-29,34H,3-10H2,1-2H3,(H,30,31)(H,32,33)(H,35,36,37)/p-3/t11-,12-,13+,14+,16-,17+,18-,19+,20+,22-,24+,25+,26+/m1/s1. The SMILES string of the molecule is C[C@]12CC[C@@H](O[C@@H]3O[C@H](C(=O)[O-])[C@@H](O)[C@H](OS(=O)(=O)[O-])[C@H]3O)C[C@H]1CC[C@@H]1[C@@H]2C(=O)C[C@@]2(C)[C@H]1CC[C@]2(O)C(=O)[O-]. The van der Waals surface area contributed by atoms with Crippen LogP contribution in [0.2, 0.25) is 0 Å². The number of ketones is 1. The Labute approximate surface area is 236 Å². The fourth-order valence-electron chi connectivity index (χ4n) is 9.08. The topological polar surface area (TPSA) is 243 Å². The molecule has 15 heteroatoms. The van der Waals surface area contributed by atoms with Crippen LogP contribution in [0, 0.1) is 34.5 Å². The number of Topliss-reactive ketones (excluding diaryl/α,β-unsaturated/α-hetero) is 1. The monoisotopic (exact) mass is 603 g/mol. The molecule has 0 radical (unpaired) electrons. The highest BCUT2D eigenvalue weighted by atomic mass is 32.3. The largest absolute Gasteiger partial charge is 0.726 e. The van der Waals surface area contributed by atoms with Gasteiger partial charge in [-0.2, -0.15) is 0 Å². The van der Waals surface area contributed by atoms with Crippen LogP contribution in [0.1, 0.15) is 65.2 Å². The first-order valence-electron chi connectivity index (χ1n) is 13.9. The highest BCUT2D eigenvalue weighted by molar-refractivity contribution is 7.80. The van der Waals surface area contributed by atoms with Crippen molar-refractivity contribution in [1.29, 1.82) is 0 Å². The van der Waals surface area contributed by atoms with E-state index >= 15 is 0 Å². The van der Waals surface area contributed by atoms with E-state index in [0.717, 1.165) is 0 Å². The number of carboxylic acid groups (broad SMARTS) is 2. The van der Waals surface area contributed by atoms with Crippen molar-refractivity contribution in [1.82, 2.24) is 0 Å². The zero-order chi connectivity index (χ0) is 30.3. The minimum atomic E-state index is -5.44. The van der Waals surface area contributed by atoms with E-state index in [9.17, 15) is 52.9 Å². The second-order valence-corrected chi connectivity index (χ2v) is 14.0. The second kappa shape index (κ2) is 10.2. The molecule has 4 aliphatic carbocycles. The van der Waals surface area contributed by atoms with Gasteiger partial charge in [-0.25, -0.2) is 8.42 Å². The van der Waals surface area contributed by atoms with Gasteiger partial charge in [-0.15, -0.1) is 0 Å². The van der Waals surface area contributed by atoms with Crippen LogP contribution in [0.25, 0.3) is 0 Å². The fourth-order valence-corrected chi connectivity index (χ4v) is 9.58. The van der Waals surface area contributed by atoms with Gasteiger partial charge in [0.25, 0.3) is 0 Å². The summed E-state index contributed by atoms with van der Waals surface area (Å²) in [7, 11) is -5.44. The van der Waals surface area contributed by atoms with Crippen LogP contribution in [-0.2, 0) is 38.4 Å². The van der Waals surface area contributed by atoms with E-state index in [-0.39, 0.29) is 42.3 Å². The van der Waals surface area contributed by atoms with Gasteiger partial charge in [-0.3, -0.25) is 8.98 Å². The van der Waals surface area contributed by atoms with Crippen molar-refractivity contribution in [2.75, 3.05) is 0 Å². The van der Waals surface area contributed by atoms with Crippen LogP contribution in [-0.4, -0.2) is 88.4 Å². The lowest BCUT2D eigenvalue weighted by molar-refractivity contribution is -0.353. The molecule has 14 nitrogen and oxygen atoms in total. The van der Waals surface area contributed by atoms with Crippen molar-refractivity contribution in [3.63, 3.8) is 0 Å². The summed E-state index contributed by atoms with van der Waals surface area (Å²) in [5.74, 6) is -4.20. The molecule has 0 bridgehead atoms. The number of carbonyl (C=O) groups excluding carboxylic acids is 3. The van der Waals surface area contributed by atoms with Crippen molar-refractivity contribution >= 4 is 28.1 Å². The van der Waals surface area contributed by atoms with Crippen LogP contribution in [0.15, 0.2) is 0 Å². The van der Waals surface area contributed by atoms with E-state index in [1.54, 1.807) is 6.92 Å². The lowest BCUT2D eigenvalue weighted by Crippen LogP contribution is -2.65.